The van der Waals surface area contributed by atoms with E-state index in [9.17, 15) is 4.79 Å². The highest BCUT2D eigenvalue weighted by atomic mass is 16.2. The number of likely N-dealkylation sites (tertiary alicyclic amines) is 1. The van der Waals surface area contributed by atoms with Crippen LogP contribution in [0.1, 0.15) is 28.8 Å². The molecule has 92 valence electrons. The van der Waals surface area contributed by atoms with Gasteiger partial charge in [-0.3, -0.25) is 4.79 Å². The van der Waals surface area contributed by atoms with Gasteiger partial charge in [0.05, 0.1) is 0 Å². The van der Waals surface area contributed by atoms with Gasteiger partial charge in [-0.05, 0) is 44.4 Å². The maximum absolute atomic E-state index is 12.2. The van der Waals surface area contributed by atoms with Crippen LogP contribution in [0.15, 0.2) is 24.3 Å². The summed E-state index contributed by atoms with van der Waals surface area (Å²) < 4.78 is 0. The molecule has 0 spiro atoms. The van der Waals surface area contributed by atoms with Crippen LogP contribution < -0.4 is 5.73 Å². The van der Waals surface area contributed by atoms with Crippen molar-refractivity contribution in [3.8, 4) is 0 Å². The number of nitrogens with two attached hydrogens (primary N) is 1. The molecular weight excluding hydrogens is 212 g/mol. The highest BCUT2D eigenvalue weighted by Crippen LogP contribution is 2.18. The molecule has 1 aromatic rings. The molecule has 0 radical (unpaired) electrons. The first kappa shape index (κ1) is 12.1. The van der Waals surface area contributed by atoms with Crippen molar-refractivity contribution in [2.75, 3.05) is 19.6 Å². The van der Waals surface area contributed by atoms with E-state index in [-0.39, 0.29) is 5.91 Å². The van der Waals surface area contributed by atoms with Gasteiger partial charge in [0.1, 0.15) is 0 Å². The highest BCUT2D eigenvalue weighted by molar-refractivity contribution is 5.94. The van der Waals surface area contributed by atoms with Gasteiger partial charge in [0.25, 0.3) is 5.91 Å². The molecule has 2 rings (SSSR count). The topological polar surface area (TPSA) is 46.3 Å². The quantitative estimate of drug-likeness (QED) is 0.845. The zero-order valence-electron chi connectivity index (χ0n) is 10.4. The van der Waals surface area contributed by atoms with E-state index in [1.807, 2.05) is 36.1 Å². The van der Waals surface area contributed by atoms with E-state index in [4.69, 9.17) is 5.73 Å². The summed E-state index contributed by atoms with van der Waals surface area (Å²) in [5.74, 6) is 0.748. The van der Waals surface area contributed by atoms with Crippen LogP contribution in [0.3, 0.4) is 0 Å². The minimum atomic E-state index is 0.153. The van der Waals surface area contributed by atoms with E-state index in [0.717, 1.165) is 38.0 Å². The number of amides is 1. The van der Waals surface area contributed by atoms with Crippen molar-refractivity contribution in [3.63, 3.8) is 0 Å². The number of nitrogens with zero attached hydrogens (tertiary/aromatic N) is 1. The third kappa shape index (κ3) is 2.86. The molecule has 0 unspecified atom stereocenters. The zero-order chi connectivity index (χ0) is 12.3. The summed E-state index contributed by atoms with van der Waals surface area (Å²) in [5.41, 5.74) is 7.63. The number of benzene rings is 1. The summed E-state index contributed by atoms with van der Waals surface area (Å²) in [5, 5.41) is 0. The van der Waals surface area contributed by atoms with Crippen LogP contribution in [0, 0.1) is 12.8 Å². The SMILES string of the molecule is Cc1ccc(C(=O)N2CCC(CN)CC2)cc1. The molecule has 1 heterocycles. The second-order valence-corrected chi connectivity index (χ2v) is 4.84. The Labute approximate surface area is 103 Å². The Balaban J connectivity index is 1.99. The lowest BCUT2D eigenvalue weighted by molar-refractivity contribution is 0.0693. The van der Waals surface area contributed by atoms with E-state index in [1.54, 1.807) is 0 Å². The number of aryl methyl sites for hydroxylation is 1. The molecular formula is C14H20N2O. The van der Waals surface area contributed by atoms with E-state index in [2.05, 4.69) is 0 Å². The van der Waals surface area contributed by atoms with Crippen molar-refractivity contribution in [1.29, 1.82) is 0 Å². The number of carbonyl (C=O) groups excluding carboxylic acids is 1. The van der Waals surface area contributed by atoms with Gasteiger partial charge in [-0.1, -0.05) is 17.7 Å². The lowest BCUT2D eigenvalue weighted by atomic mass is 9.96. The number of hydrogen-bond donors (Lipinski definition) is 1. The average molecular weight is 232 g/mol. The molecule has 1 saturated heterocycles. The normalized spacial score (nSPS) is 17.2. The van der Waals surface area contributed by atoms with Crippen LogP contribution >= 0.6 is 0 Å². The van der Waals surface area contributed by atoms with Crippen LogP contribution in [0.4, 0.5) is 0 Å². The number of rotatable bonds is 2. The number of hydrogen-bond acceptors (Lipinski definition) is 2. The van der Waals surface area contributed by atoms with Gasteiger partial charge in [-0.25, -0.2) is 0 Å². The Kier molecular flexibility index (Phi) is 3.79. The number of carbonyl (C=O) groups is 1. The summed E-state index contributed by atoms with van der Waals surface area (Å²) in [7, 11) is 0. The fourth-order valence-corrected chi connectivity index (χ4v) is 2.25. The second-order valence-electron chi connectivity index (χ2n) is 4.84. The Morgan fingerprint density at radius 1 is 1.29 bits per heavy atom. The van der Waals surface area contributed by atoms with E-state index < -0.39 is 0 Å². The van der Waals surface area contributed by atoms with Gasteiger partial charge >= 0.3 is 0 Å². The monoisotopic (exact) mass is 232 g/mol. The first-order chi connectivity index (χ1) is 8.20. The minimum absolute atomic E-state index is 0.153. The largest absolute Gasteiger partial charge is 0.339 e. The van der Waals surface area contributed by atoms with Crippen molar-refractivity contribution >= 4 is 5.91 Å². The Morgan fingerprint density at radius 2 is 1.88 bits per heavy atom. The standard InChI is InChI=1S/C14H20N2O/c1-11-2-4-13(5-3-11)14(17)16-8-6-12(10-15)7-9-16/h2-5,12H,6-10,15H2,1H3. The first-order valence-electron chi connectivity index (χ1n) is 6.26. The van der Waals surface area contributed by atoms with Crippen molar-refractivity contribution in [2.45, 2.75) is 19.8 Å². The van der Waals surface area contributed by atoms with Crippen molar-refractivity contribution in [1.82, 2.24) is 4.90 Å². The summed E-state index contributed by atoms with van der Waals surface area (Å²) in [6.45, 7) is 4.46. The zero-order valence-corrected chi connectivity index (χ0v) is 10.4. The van der Waals surface area contributed by atoms with Gasteiger partial charge in [-0.2, -0.15) is 0 Å². The van der Waals surface area contributed by atoms with Crippen LogP contribution in [0.25, 0.3) is 0 Å². The molecule has 1 aliphatic rings. The molecule has 3 nitrogen and oxygen atoms in total. The summed E-state index contributed by atoms with van der Waals surface area (Å²) in [4.78, 5) is 14.1. The predicted molar refractivity (Wildman–Crippen MR) is 68.9 cm³/mol. The third-order valence-electron chi connectivity index (χ3n) is 3.53. The maximum Gasteiger partial charge on any atom is 0.253 e. The molecule has 1 aliphatic heterocycles. The van der Waals surface area contributed by atoms with Gasteiger partial charge in [-0.15, -0.1) is 0 Å². The molecule has 1 aromatic carbocycles. The van der Waals surface area contributed by atoms with E-state index >= 15 is 0 Å². The lowest BCUT2D eigenvalue weighted by Crippen LogP contribution is -2.40. The molecule has 17 heavy (non-hydrogen) atoms. The maximum atomic E-state index is 12.2. The van der Waals surface area contributed by atoms with Gasteiger partial charge in [0.2, 0.25) is 0 Å². The Hall–Kier alpha value is -1.35. The fourth-order valence-electron chi connectivity index (χ4n) is 2.25. The van der Waals surface area contributed by atoms with Crippen LogP contribution in [-0.2, 0) is 0 Å². The van der Waals surface area contributed by atoms with Gasteiger partial charge in [0.15, 0.2) is 0 Å². The highest BCUT2D eigenvalue weighted by Gasteiger charge is 2.22. The molecule has 0 aliphatic carbocycles. The molecule has 0 atom stereocenters. The summed E-state index contributed by atoms with van der Waals surface area (Å²) >= 11 is 0. The molecule has 3 heteroatoms. The van der Waals surface area contributed by atoms with Crippen molar-refractivity contribution in [2.24, 2.45) is 11.7 Å². The fraction of sp³-hybridized carbons (Fsp3) is 0.500. The molecule has 2 N–H and O–H groups in total. The smallest absolute Gasteiger partial charge is 0.253 e. The average Bonchev–Trinajstić information content (AvgIpc) is 2.39. The van der Waals surface area contributed by atoms with Crippen LogP contribution in [0.2, 0.25) is 0 Å². The van der Waals surface area contributed by atoms with Gasteiger partial charge in [0, 0.05) is 18.7 Å². The van der Waals surface area contributed by atoms with Crippen molar-refractivity contribution < 1.29 is 4.79 Å². The molecule has 0 bridgehead atoms. The summed E-state index contributed by atoms with van der Waals surface area (Å²) in [6.07, 6.45) is 2.07. The molecule has 1 amide bonds. The van der Waals surface area contributed by atoms with E-state index in [0.29, 0.717) is 5.92 Å². The minimum Gasteiger partial charge on any atom is -0.339 e. The van der Waals surface area contributed by atoms with E-state index in [1.165, 1.54) is 5.56 Å². The molecule has 1 fully saturated rings. The Bertz CT molecular complexity index is 378. The van der Waals surface area contributed by atoms with Crippen LogP contribution in [0.5, 0.6) is 0 Å². The predicted octanol–water partition coefficient (Wildman–Crippen LogP) is 1.81. The van der Waals surface area contributed by atoms with Crippen molar-refractivity contribution in [3.05, 3.63) is 35.4 Å². The molecule has 0 aromatic heterocycles. The van der Waals surface area contributed by atoms with Crippen LogP contribution in [-0.4, -0.2) is 30.4 Å². The summed E-state index contributed by atoms with van der Waals surface area (Å²) in [6, 6.07) is 7.79. The number of piperidine rings is 1. The Morgan fingerprint density at radius 3 is 2.41 bits per heavy atom. The third-order valence-corrected chi connectivity index (χ3v) is 3.53. The lowest BCUT2D eigenvalue weighted by Gasteiger charge is -2.31. The second kappa shape index (κ2) is 5.32. The first-order valence-corrected chi connectivity index (χ1v) is 6.26. The molecule has 0 saturated carbocycles. The van der Waals surface area contributed by atoms with Gasteiger partial charge < -0.3 is 10.6 Å².